The lowest BCUT2D eigenvalue weighted by atomic mass is 10.0. The van der Waals surface area contributed by atoms with Crippen LogP contribution in [0.2, 0.25) is 0 Å². The van der Waals surface area contributed by atoms with Gasteiger partial charge in [-0.25, -0.2) is 4.39 Å². The number of rotatable bonds is 8. The van der Waals surface area contributed by atoms with Crippen LogP contribution in [-0.4, -0.2) is 36.5 Å². The van der Waals surface area contributed by atoms with E-state index < -0.39 is 0 Å². The standard InChI is InChI=1S/C24H31FN2O.ClH/c1-2-3-9-24(28)27(22-12-10-21(25)11-13-22)23-15-18-26(19-16-23)17-14-20-7-5-4-6-8-20;/h4-8,10-13,23H,2-3,9,14-19H2,1H3;1H. The van der Waals surface area contributed by atoms with Crippen LogP contribution in [0.4, 0.5) is 10.1 Å². The minimum absolute atomic E-state index is 0. The summed E-state index contributed by atoms with van der Waals surface area (Å²) in [6.45, 7) is 5.14. The molecule has 2 aromatic rings. The summed E-state index contributed by atoms with van der Waals surface area (Å²) in [7, 11) is 0. The van der Waals surface area contributed by atoms with E-state index in [9.17, 15) is 9.18 Å². The number of hydrogen-bond donors (Lipinski definition) is 0. The summed E-state index contributed by atoms with van der Waals surface area (Å²) in [6, 6.07) is 17.1. The Kier molecular flexibility index (Phi) is 9.62. The molecule has 0 aliphatic carbocycles. The first-order valence-electron chi connectivity index (χ1n) is 10.5. The fraction of sp³-hybridized carbons (Fsp3) is 0.458. The van der Waals surface area contributed by atoms with E-state index in [0.717, 1.165) is 57.4 Å². The number of carbonyl (C=O) groups excluding carboxylic acids is 1. The van der Waals surface area contributed by atoms with Crippen molar-refractivity contribution in [2.75, 3.05) is 24.5 Å². The molecule has 2 aromatic carbocycles. The smallest absolute Gasteiger partial charge is 0.227 e. The Morgan fingerprint density at radius 1 is 1.07 bits per heavy atom. The Morgan fingerprint density at radius 3 is 2.34 bits per heavy atom. The Balaban J connectivity index is 0.00000300. The third kappa shape index (κ3) is 6.83. The molecule has 0 spiro atoms. The first kappa shape index (κ1) is 23.4. The van der Waals surface area contributed by atoms with E-state index in [4.69, 9.17) is 0 Å². The first-order chi connectivity index (χ1) is 13.7. The molecule has 0 saturated carbocycles. The zero-order valence-corrected chi connectivity index (χ0v) is 18.0. The molecule has 158 valence electrons. The van der Waals surface area contributed by atoms with E-state index in [1.165, 1.54) is 17.7 Å². The molecule has 5 heteroatoms. The van der Waals surface area contributed by atoms with Crippen molar-refractivity contribution in [3.05, 3.63) is 66.0 Å². The molecule has 3 nitrogen and oxygen atoms in total. The van der Waals surface area contributed by atoms with Crippen molar-refractivity contribution in [1.29, 1.82) is 0 Å². The monoisotopic (exact) mass is 418 g/mol. The molecule has 29 heavy (non-hydrogen) atoms. The molecule has 0 aromatic heterocycles. The van der Waals surface area contributed by atoms with Crippen molar-refractivity contribution in [3.8, 4) is 0 Å². The fourth-order valence-electron chi connectivity index (χ4n) is 3.94. The molecule has 0 unspecified atom stereocenters. The number of carbonyl (C=O) groups is 1. The largest absolute Gasteiger partial charge is 0.309 e. The lowest BCUT2D eigenvalue weighted by Crippen LogP contribution is -2.48. The average molecular weight is 419 g/mol. The zero-order chi connectivity index (χ0) is 19.8. The summed E-state index contributed by atoms with van der Waals surface area (Å²) in [4.78, 5) is 17.3. The zero-order valence-electron chi connectivity index (χ0n) is 17.2. The van der Waals surface area contributed by atoms with E-state index in [-0.39, 0.29) is 30.2 Å². The predicted molar refractivity (Wildman–Crippen MR) is 120 cm³/mol. The van der Waals surface area contributed by atoms with E-state index in [0.29, 0.717) is 6.42 Å². The van der Waals surface area contributed by atoms with Crippen molar-refractivity contribution in [3.63, 3.8) is 0 Å². The number of likely N-dealkylation sites (tertiary alicyclic amines) is 1. The molecule has 0 radical (unpaired) electrons. The summed E-state index contributed by atoms with van der Waals surface area (Å²) in [6.07, 6.45) is 5.44. The Hall–Kier alpha value is -1.91. The maximum atomic E-state index is 13.4. The second-order valence-electron chi connectivity index (χ2n) is 7.65. The molecule has 1 aliphatic heterocycles. The van der Waals surface area contributed by atoms with Gasteiger partial charge in [-0.2, -0.15) is 0 Å². The van der Waals surface area contributed by atoms with Crippen molar-refractivity contribution in [1.82, 2.24) is 4.90 Å². The molecule has 0 N–H and O–H groups in total. The third-order valence-corrected chi connectivity index (χ3v) is 5.60. The number of benzene rings is 2. The second-order valence-corrected chi connectivity index (χ2v) is 7.65. The Morgan fingerprint density at radius 2 is 1.72 bits per heavy atom. The van der Waals surface area contributed by atoms with Gasteiger partial charge in [-0.15, -0.1) is 12.4 Å². The molecule has 0 bridgehead atoms. The van der Waals surface area contributed by atoms with Crippen LogP contribution in [0, 0.1) is 5.82 Å². The van der Waals surface area contributed by atoms with Gasteiger partial charge in [0.05, 0.1) is 0 Å². The van der Waals surface area contributed by atoms with Gasteiger partial charge in [-0.05, 0) is 55.5 Å². The SMILES string of the molecule is CCCCC(=O)N(c1ccc(F)cc1)C1CCN(CCc2ccccc2)CC1.Cl. The van der Waals surface area contributed by atoms with E-state index in [2.05, 4.69) is 42.2 Å². The minimum atomic E-state index is -0.263. The second kappa shape index (κ2) is 11.9. The maximum absolute atomic E-state index is 13.4. The van der Waals surface area contributed by atoms with Gasteiger partial charge in [0.2, 0.25) is 5.91 Å². The fourth-order valence-corrected chi connectivity index (χ4v) is 3.94. The van der Waals surface area contributed by atoms with Crippen LogP contribution in [0.3, 0.4) is 0 Å². The molecule has 1 aliphatic rings. The molecule has 0 atom stereocenters. The molecule has 1 heterocycles. The van der Waals surface area contributed by atoms with Gasteiger partial charge in [0.25, 0.3) is 0 Å². The number of halogens is 2. The van der Waals surface area contributed by atoms with Crippen LogP contribution >= 0.6 is 12.4 Å². The minimum Gasteiger partial charge on any atom is -0.309 e. The molecule has 1 amide bonds. The number of unbranched alkanes of at least 4 members (excludes halogenated alkanes) is 1. The average Bonchev–Trinajstić information content (AvgIpc) is 2.74. The first-order valence-corrected chi connectivity index (χ1v) is 10.5. The summed E-state index contributed by atoms with van der Waals surface area (Å²) >= 11 is 0. The lowest BCUT2D eigenvalue weighted by molar-refractivity contribution is -0.119. The van der Waals surface area contributed by atoms with E-state index in [1.54, 1.807) is 12.1 Å². The highest BCUT2D eigenvalue weighted by Gasteiger charge is 2.28. The van der Waals surface area contributed by atoms with E-state index in [1.807, 2.05) is 4.90 Å². The summed E-state index contributed by atoms with van der Waals surface area (Å²) in [5.74, 6) is -0.100. The van der Waals surface area contributed by atoms with Crippen molar-refractivity contribution < 1.29 is 9.18 Å². The molecular weight excluding hydrogens is 387 g/mol. The summed E-state index contributed by atoms with van der Waals surface area (Å²) < 4.78 is 13.4. The van der Waals surface area contributed by atoms with Crippen LogP contribution < -0.4 is 4.90 Å². The number of hydrogen-bond acceptors (Lipinski definition) is 2. The summed E-state index contributed by atoms with van der Waals surface area (Å²) in [5, 5.41) is 0. The van der Waals surface area contributed by atoms with Crippen molar-refractivity contribution >= 4 is 24.0 Å². The van der Waals surface area contributed by atoms with Crippen LogP contribution in [0.25, 0.3) is 0 Å². The van der Waals surface area contributed by atoms with Gasteiger partial charge in [0, 0.05) is 37.8 Å². The van der Waals surface area contributed by atoms with E-state index >= 15 is 0 Å². The Labute approximate surface area is 180 Å². The number of nitrogens with zero attached hydrogens (tertiary/aromatic N) is 2. The highest BCUT2D eigenvalue weighted by molar-refractivity contribution is 5.94. The van der Waals surface area contributed by atoms with Gasteiger partial charge in [0.1, 0.15) is 5.82 Å². The maximum Gasteiger partial charge on any atom is 0.227 e. The summed E-state index contributed by atoms with van der Waals surface area (Å²) in [5.41, 5.74) is 2.19. The normalized spacial score (nSPS) is 15.0. The lowest BCUT2D eigenvalue weighted by Gasteiger charge is -2.38. The molecular formula is C24H32ClFN2O. The quantitative estimate of drug-likeness (QED) is 0.566. The topological polar surface area (TPSA) is 23.6 Å². The highest BCUT2D eigenvalue weighted by atomic mass is 35.5. The predicted octanol–water partition coefficient (Wildman–Crippen LogP) is 5.48. The number of amides is 1. The molecule has 1 saturated heterocycles. The molecule has 1 fully saturated rings. The van der Waals surface area contributed by atoms with Gasteiger partial charge in [-0.1, -0.05) is 43.7 Å². The highest BCUT2D eigenvalue weighted by Crippen LogP contribution is 2.25. The van der Waals surface area contributed by atoms with Gasteiger partial charge in [-0.3, -0.25) is 4.79 Å². The van der Waals surface area contributed by atoms with Crippen molar-refractivity contribution in [2.24, 2.45) is 0 Å². The van der Waals surface area contributed by atoms with Crippen molar-refractivity contribution in [2.45, 2.75) is 51.5 Å². The number of piperidine rings is 1. The van der Waals surface area contributed by atoms with Gasteiger partial charge in [0.15, 0.2) is 0 Å². The van der Waals surface area contributed by atoms with Crippen LogP contribution in [0.1, 0.15) is 44.6 Å². The Bertz CT molecular complexity index is 730. The third-order valence-electron chi connectivity index (χ3n) is 5.60. The number of anilines is 1. The van der Waals surface area contributed by atoms with Crippen LogP contribution in [-0.2, 0) is 11.2 Å². The molecule has 3 rings (SSSR count). The van der Waals surface area contributed by atoms with Gasteiger partial charge >= 0.3 is 0 Å². The van der Waals surface area contributed by atoms with Gasteiger partial charge < -0.3 is 9.80 Å². The van der Waals surface area contributed by atoms with Crippen LogP contribution in [0.5, 0.6) is 0 Å². The van der Waals surface area contributed by atoms with Crippen LogP contribution in [0.15, 0.2) is 54.6 Å².